The van der Waals surface area contributed by atoms with Crippen molar-refractivity contribution in [1.82, 2.24) is 29.9 Å². The summed E-state index contributed by atoms with van der Waals surface area (Å²) in [6.45, 7) is 8.33. The zero-order valence-corrected chi connectivity index (χ0v) is 17.5. The Hall–Kier alpha value is -3.74. The average molecular weight is 400 g/mol. The van der Waals surface area contributed by atoms with Crippen LogP contribution in [0.25, 0.3) is 11.5 Å². The van der Waals surface area contributed by atoms with Gasteiger partial charge in [-0.2, -0.15) is 10.2 Å². The minimum atomic E-state index is -0.127. The number of carbonyl (C=O) groups excluding carboxylic acids is 1. The highest BCUT2D eigenvalue weighted by Crippen LogP contribution is 2.14. The van der Waals surface area contributed by atoms with Crippen LogP contribution < -0.4 is 5.32 Å². The summed E-state index contributed by atoms with van der Waals surface area (Å²) in [5.41, 5.74) is 6.47. The maximum atomic E-state index is 12.5. The van der Waals surface area contributed by atoms with Gasteiger partial charge in [0.25, 0.3) is 5.91 Å². The van der Waals surface area contributed by atoms with Crippen LogP contribution in [0, 0.1) is 27.7 Å². The Balaban J connectivity index is 1.40. The standard InChI is InChI=1S/C23H24N6O/c1-15-11-17(3)28(26-15)21-8-6-20(7-9-21)23(30)25-14-19-5-10-22(24-13-19)29-18(4)12-16(2)27-29/h5-13H,14H2,1-4H3,(H,25,30). The van der Waals surface area contributed by atoms with E-state index < -0.39 is 0 Å². The van der Waals surface area contributed by atoms with Crippen molar-refractivity contribution in [3.8, 4) is 11.5 Å². The second kappa shape index (κ2) is 7.94. The van der Waals surface area contributed by atoms with Crippen molar-refractivity contribution < 1.29 is 4.79 Å². The molecule has 3 aromatic heterocycles. The van der Waals surface area contributed by atoms with Crippen LogP contribution in [0.1, 0.15) is 38.7 Å². The first-order valence-electron chi connectivity index (χ1n) is 9.81. The molecule has 0 unspecified atom stereocenters. The molecule has 0 aliphatic rings. The van der Waals surface area contributed by atoms with Crippen LogP contribution in [-0.2, 0) is 6.54 Å². The maximum Gasteiger partial charge on any atom is 0.251 e. The summed E-state index contributed by atoms with van der Waals surface area (Å²) in [7, 11) is 0. The number of pyridine rings is 1. The molecule has 0 aliphatic carbocycles. The van der Waals surface area contributed by atoms with Crippen LogP contribution in [0.4, 0.5) is 0 Å². The van der Waals surface area contributed by atoms with E-state index >= 15 is 0 Å². The van der Waals surface area contributed by atoms with Gasteiger partial charge >= 0.3 is 0 Å². The van der Waals surface area contributed by atoms with Crippen LogP contribution >= 0.6 is 0 Å². The number of hydrogen-bond donors (Lipinski definition) is 1. The zero-order chi connectivity index (χ0) is 21.3. The molecule has 0 aliphatic heterocycles. The van der Waals surface area contributed by atoms with E-state index in [-0.39, 0.29) is 5.91 Å². The second-order valence-corrected chi connectivity index (χ2v) is 7.43. The first kappa shape index (κ1) is 19.6. The molecule has 0 bridgehead atoms. The predicted octanol–water partition coefficient (Wildman–Crippen LogP) is 3.62. The highest BCUT2D eigenvalue weighted by atomic mass is 16.1. The molecule has 1 aromatic carbocycles. The average Bonchev–Trinajstić information content (AvgIpc) is 3.26. The topological polar surface area (TPSA) is 77.6 Å². The summed E-state index contributed by atoms with van der Waals surface area (Å²) in [6.07, 6.45) is 1.76. The van der Waals surface area contributed by atoms with Crippen LogP contribution in [0.3, 0.4) is 0 Å². The number of nitrogens with one attached hydrogen (secondary N) is 1. The maximum absolute atomic E-state index is 12.5. The fourth-order valence-corrected chi connectivity index (χ4v) is 3.44. The molecule has 1 N–H and O–H groups in total. The quantitative estimate of drug-likeness (QED) is 0.555. The Morgan fingerprint density at radius 3 is 2.03 bits per heavy atom. The largest absolute Gasteiger partial charge is 0.348 e. The van der Waals surface area contributed by atoms with E-state index in [1.807, 2.05) is 85.6 Å². The zero-order valence-electron chi connectivity index (χ0n) is 17.5. The Morgan fingerprint density at radius 2 is 1.50 bits per heavy atom. The first-order chi connectivity index (χ1) is 14.4. The summed E-state index contributed by atoms with van der Waals surface area (Å²) in [6, 6.07) is 15.3. The lowest BCUT2D eigenvalue weighted by atomic mass is 10.2. The molecule has 3 heterocycles. The second-order valence-electron chi connectivity index (χ2n) is 7.43. The Kier molecular flexibility index (Phi) is 5.18. The number of hydrogen-bond acceptors (Lipinski definition) is 4. The van der Waals surface area contributed by atoms with Crippen molar-refractivity contribution in [1.29, 1.82) is 0 Å². The molecule has 7 heteroatoms. The fraction of sp³-hybridized carbons (Fsp3) is 0.217. The summed E-state index contributed by atoms with van der Waals surface area (Å²) in [5.74, 6) is 0.632. The van der Waals surface area contributed by atoms with Crippen molar-refractivity contribution in [3.05, 3.63) is 88.6 Å². The van der Waals surface area contributed by atoms with E-state index in [9.17, 15) is 4.79 Å². The number of nitrogens with zero attached hydrogens (tertiary/aromatic N) is 5. The van der Waals surface area contributed by atoms with Gasteiger partial charge in [-0.05, 0) is 75.7 Å². The minimum Gasteiger partial charge on any atom is -0.348 e. The van der Waals surface area contributed by atoms with Gasteiger partial charge in [0, 0.05) is 29.7 Å². The molecular formula is C23H24N6O. The van der Waals surface area contributed by atoms with Crippen molar-refractivity contribution in [2.75, 3.05) is 0 Å². The fourth-order valence-electron chi connectivity index (χ4n) is 3.44. The Morgan fingerprint density at radius 1 is 0.867 bits per heavy atom. The lowest BCUT2D eigenvalue weighted by Gasteiger charge is -2.08. The van der Waals surface area contributed by atoms with E-state index in [0.29, 0.717) is 12.1 Å². The van der Waals surface area contributed by atoms with Crippen molar-refractivity contribution in [2.45, 2.75) is 34.2 Å². The number of carbonyl (C=O) groups is 1. The molecule has 0 radical (unpaired) electrons. The van der Waals surface area contributed by atoms with E-state index in [0.717, 1.165) is 39.8 Å². The van der Waals surface area contributed by atoms with Gasteiger partial charge in [0.2, 0.25) is 0 Å². The van der Waals surface area contributed by atoms with Gasteiger partial charge in [0.15, 0.2) is 5.82 Å². The van der Waals surface area contributed by atoms with Gasteiger partial charge in [0.05, 0.1) is 17.1 Å². The summed E-state index contributed by atoms with van der Waals surface area (Å²) in [4.78, 5) is 17.0. The number of aromatic nitrogens is 5. The molecule has 152 valence electrons. The molecule has 30 heavy (non-hydrogen) atoms. The lowest BCUT2D eigenvalue weighted by molar-refractivity contribution is 0.0951. The third kappa shape index (κ3) is 4.00. The number of aryl methyl sites for hydroxylation is 4. The summed E-state index contributed by atoms with van der Waals surface area (Å²) in [5, 5.41) is 11.8. The van der Waals surface area contributed by atoms with Gasteiger partial charge in [-0.25, -0.2) is 14.3 Å². The highest BCUT2D eigenvalue weighted by Gasteiger charge is 2.09. The Bertz CT molecular complexity index is 1190. The third-order valence-corrected chi connectivity index (χ3v) is 4.87. The third-order valence-electron chi connectivity index (χ3n) is 4.87. The number of amides is 1. The van der Waals surface area contributed by atoms with Crippen molar-refractivity contribution in [3.63, 3.8) is 0 Å². The normalized spacial score (nSPS) is 10.9. The molecule has 0 saturated heterocycles. The monoisotopic (exact) mass is 400 g/mol. The molecule has 4 rings (SSSR count). The van der Waals surface area contributed by atoms with Gasteiger partial charge < -0.3 is 5.32 Å². The first-order valence-corrected chi connectivity index (χ1v) is 9.81. The molecule has 0 fully saturated rings. The summed E-state index contributed by atoms with van der Waals surface area (Å²) >= 11 is 0. The van der Waals surface area contributed by atoms with E-state index in [2.05, 4.69) is 20.5 Å². The van der Waals surface area contributed by atoms with E-state index in [1.165, 1.54) is 0 Å². The van der Waals surface area contributed by atoms with Gasteiger partial charge in [0.1, 0.15) is 0 Å². The minimum absolute atomic E-state index is 0.127. The van der Waals surface area contributed by atoms with Crippen LogP contribution in [0.2, 0.25) is 0 Å². The van der Waals surface area contributed by atoms with Gasteiger partial charge in [-0.1, -0.05) is 6.07 Å². The van der Waals surface area contributed by atoms with E-state index in [1.54, 1.807) is 6.20 Å². The lowest BCUT2D eigenvalue weighted by Crippen LogP contribution is -2.22. The molecule has 4 aromatic rings. The predicted molar refractivity (Wildman–Crippen MR) is 115 cm³/mol. The van der Waals surface area contributed by atoms with Gasteiger partial charge in [-0.15, -0.1) is 0 Å². The highest BCUT2D eigenvalue weighted by molar-refractivity contribution is 5.94. The molecule has 7 nitrogen and oxygen atoms in total. The van der Waals surface area contributed by atoms with Crippen LogP contribution in [0.15, 0.2) is 54.7 Å². The van der Waals surface area contributed by atoms with Crippen LogP contribution in [0.5, 0.6) is 0 Å². The SMILES string of the molecule is Cc1cc(C)n(-c2ccc(C(=O)NCc3ccc(-n4nc(C)cc4C)nc3)cc2)n1. The molecule has 0 saturated carbocycles. The molecule has 0 atom stereocenters. The summed E-state index contributed by atoms with van der Waals surface area (Å²) < 4.78 is 3.68. The number of benzene rings is 1. The Labute approximate surface area is 175 Å². The van der Waals surface area contributed by atoms with Crippen LogP contribution in [-0.4, -0.2) is 30.5 Å². The van der Waals surface area contributed by atoms with Gasteiger partial charge in [-0.3, -0.25) is 4.79 Å². The number of rotatable bonds is 5. The molecular weight excluding hydrogens is 376 g/mol. The smallest absolute Gasteiger partial charge is 0.251 e. The van der Waals surface area contributed by atoms with Crippen molar-refractivity contribution in [2.24, 2.45) is 0 Å². The van der Waals surface area contributed by atoms with Crippen molar-refractivity contribution >= 4 is 5.91 Å². The molecule has 0 spiro atoms. The van der Waals surface area contributed by atoms with E-state index in [4.69, 9.17) is 0 Å². The molecule has 1 amide bonds.